The van der Waals surface area contributed by atoms with Gasteiger partial charge >= 0.3 is 208 Å². The topological polar surface area (TPSA) is 0 Å². The van der Waals surface area contributed by atoms with E-state index in [1.807, 2.05) is 0 Å². The van der Waals surface area contributed by atoms with Crippen molar-refractivity contribution in [3.63, 3.8) is 0 Å². The van der Waals surface area contributed by atoms with E-state index in [1.165, 1.54) is 22.3 Å². The van der Waals surface area contributed by atoms with E-state index in [0.717, 1.165) is 0 Å². The van der Waals surface area contributed by atoms with E-state index in [-0.39, 0.29) is 7.25 Å². The maximum absolute atomic E-state index is 8.40. The van der Waals surface area contributed by atoms with Crippen molar-refractivity contribution >= 4 is 51.2 Å². The second-order valence-corrected chi connectivity index (χ2v) is 64.9. The Kier molecular flexibility index (Phi) is 6.31. The summed E-state index contributed by atoms with van der Waals surface area (Å²) in [5.41, 5.74) is 5.55. The zero-order valence-electron chi connectivity index (χ0n) is 20.8. The van der Waals surface area contributed by atoms with Crippen LogP contribution in [0.1, 0.15) is 29.5 Å². The molecule has 0 saturated carbocycles. The average Bonchev–Trinajstić information content (AvgIpc) is 3.28. The number of hydrogen-bond donors (Lipinski definition) is 0. The second kappa shape index (κ2) is 8.03. The Balaban J connectivity index is 2.07. The molecular weight excluding hydrogens is 559 g/mol. The van der Waals surface area contributed by atoms with Crippen molar-refractivity contribution in [2.24, 2.45) is 0 Å². The molecule has 6 heteroatoms. The molecule has 4 rings (SSSR count). The van der Waals surface area contributed by atoms with Gasteiger partial charge in [0.2, 0.25) is 0 Å². The van der Waals surface area contributed by atoms with Gasteiger partial charge < -0.3 is 0 Å². The summed E-state index contributed by atoms with van der Waals surface area (Å²) in [5, 5.41) is 3.18. The van der Waals surface area contributed by atoms with E-state index in [9.17, 15) is 0 Å². The van der Waals surface area contributed by atoms with E-state index in [1.54, 1.807) is 10.4 Å². The third kappa shape index (κ3) is 3.76. The Morgan fingerprint density at radius 1 is 0.656 bits per heavy atom. The van der Waals surface area contributed by atoms with Gasteiger partial charge in [-0.05, 0) is 0 Å². The quantitative estimate of drug-likeness (QED) is 0.303. The van der Waals surface area contributed by atoms with Gasteiger partial charge in [-0.25, -0.2) is 0 Å². The summed E-state index contributed by atoms with van der Waals surface area (Å²) in [6, 6.07) is 17.9. The molecule has 0 aromatic heterocycles. The fraction of sp³-hybridized carbons (Fsp3) is 0.385. The van der Waals surface area contributed by atoms with Crippen LogP contribution in [0.3, 0.4) is 0 Å². The minimum atomic E-state index is -4.54. The standard InChI is InChI=1S/2C12H15Si.C2H7Si.2ClH.Zr/c2*1-13(2,3)12-8-10-6-4-5-7-11(10)9-12;1-3-2;;;/h2*4-9H,1-3H3;3H,1-2H3;2*1H;/q;;;;;+2/p-2. The molecule has 2 unspecified atom stereocenters. The van der Waals surface area contributed by atoms with Crippen LogP contribution in [-0.4, -0.2) is 22.1 Å². The fourth-order valence-corrected chi connectivity index (χ4v) is 52.7. The summed E-state index contributed by atoms with van der Waals surface area (Å²) >= 11 is -4.54. The summed E-state index contributed by atoms with van der Waals surface area (Å²) in [7, 11) is 13.5. The molecule has 0 aliphatic heterocycles. The fourth-order valence-electron chi connectivity index (χ4n) is 5.97. The molecule has 0 spiro atoms. The molecule has 32 heavy (non-hydrogen) atoms. The second-order valence-electron chi connectivity index (χ2n) is 12.2. The molecule has 0 bridgehead atoms. The number of halogens is 2. The predicted molar refractivity (Wildman–Crippen MR) is 152 cm³/mol. The molecule has 0 N–H and O–H groups in total. The Bertz CT molecular complexity index is 1050. The zero-order valence-corrected chi connectivity index (χ0v) is 27.9. The van der Waals surface area contributed by atoms with Gasteiger partial charge in [0.1, 0.15) is 0 Å². The molecule has 0 radical (unpaired) electrons. The van der Waals surface area contributed by atoms with Gasteiger partial charge in [-0.1, -0.05) is 0 Å². The number of benzene rings is 2. The van der Waals surface area contributed by atoms with E-state index in [2.05, 4.69) is 113 Å². The van der Waals surface area contributed by atoms with Crippen LogP contribution >= 0.6 is 17.0 Å². The van der Waals surface area contributed by atoms with Crippen LogP contribution in [0, 0.1) is 0 Å². The van der Waals surface area contributed by atoms with Gasteiger partial charge in [0.15, 0.2) is 0 Å². The minimum absolute atomic E-state index is 0.241. The van der Waals surface area contributed by atoms with Crippen LogP contribution < -0.4 is 0 Å². The van der Waals surface area contributed by atoms with Gasteiger partial charge in [0.05, 0.1) is 0 Å². The van der Waals surface area contributed by atoms with Crippen molar-refractivity contribution in [3.8, 4) is 0 Å². The SMILES string of the molecule is C[SiH](C)[Zr]([Cl])([Cl])([CH]1C([Si](C)(C)C)=Cc2ccccc21)[CH]1C([Si](C)(C)C)=Cc2ccccc21. The van der Waals surface area contributed by atoms with E-state index in [0.29, 0.717) is 0 Å². The van der Waals surface area contributed by atoms with Crippen LogP contribution in [0.15, 0.2) is 58.9 Å². The van der Waals surface area contributed by atoms with E-state index >= 15 is 0 Å². The molecule has 0 fully saturated rings. The predicted octanol–water partition coefficient (Wildman–Crippen LogP) is 9.00. The average molecular weight is 596 g/mol. The molecule has 171 valence electrons. The Morgan fingerprint density at radius 3 is 1.31 bits per heavy atom. The molecule has 0 heterocycles. The first-order valence-electron chi connectivity index (χ1n) is 11.9. The first-order valence-corrected chi connectivity index (χ1v) is 35.2. The van der Waals surface area contributed by atoms with Gasteiger partial charge in [-0.15, -0.1) is 0 Å². The zero-order chi connectivity index (χ0) is 23.7. The molecule has 2 aliphatic carbocycles. The van der Waals surface area contributed by atoms with E-state index in [4.69, 9.17) is 17.0 Å². The summed E-state index contributed by atoms with van der Waals surface area (Å²) in [4.78, 5) is 0. The molecule has 0 saturated heterocycles. The van der Waals surface area contributed by atoms with Crippen molar-refractivity contribution in [1.29, 1.82) is 0 Å². The van der Waals surface area contributed by atoms with Crippen molar-refractivity contribution in [2.75, 3.05) is 0 Å². The van der Waals surface area contributed by atoms with Crippen molar-refractivity contribution in [2.45, 2.75) is 59.6 Å². The third-order valence-corrected chi connectivity index (χ3v) is 65.1. The molecule has 2 aliphatic rings. The first-order chi connectivity index (χ1) is 14.7. The van der Waals surface area contributed by atoms with Crippen molar-refractivity contribution in [1.82, 2.24) is 0 Å². The Labute approximate surface area is 205 Å². The number of allylic oxidation sites excluding steroid dienone is 2. The van der Waals surface area contributed by atoms with Crippen LogP contribution in [0.5, 0.6) is 0 Å². The van der Waals surface area contributed by atoms with E-state index < -0.39 is 37.6 Å². The van der Waals surface area contributed by atoms with Crippen LogP contribution in [0.25, 0.3) is 12.2 Å². The Hall–Kier alpha value is 0.0338. The molecule has 2 aromatic carbocycles. The number of rotatable bonds is 5. The van der Waals surface area contributed by atoms with Crippen LogP contribution in [0.4, 0.5) is 0 Å². The van der Waals surface area contributed by atoms with Crippen LogP contribution in [0.2, 0.25) is 52.4 Å². The summed E-state index contributed by atoms with van der Waals surface area (Å²) in [5.74, 6) is -1.46. The van der Waals surface area contributed by atoms with Crippen molar-refractivity contribution < 1.29 is 15.6 Å². The number of hydrogen-bond acceptors (Lipinski definition) is 0. The molecule has 2 atom stereocenters. The number of fused-ring (bicyclic) bond motifs is 2. The van der Waals surface area contributed by atoms with Gasteiger partial charge in [0.25, 0.3) is 0 Å². The normalized spacial score (nSPS) is 22.2. The molecular formula is C26H37Cl2Si3Zr. The molecule has 0 nitrogen and oxygen atoms in total. The maximum atomic E-state index is 8.40. The van der Waals surface area contributed by atoms with Crippen LogP contribution in [-0.2, 0) is 15.6 Å². The molecule has 0 amide bonds. The molecule has 2 aromatic rings. The third-order valence-electron chi connectivity index (χ3n) is 7.80. The van der Waals surface area contributed by atoms with Gasteiger partial charge in [0, 0.05) is 0 Å². The van der Waals surface area contributed by atoms with Crippen molar-refractivity contribution in [3.05, 3.63) is 81.2 Å². The van der Waals surface area contributed by atoms with Gasteiger partial charge in [-0.2, -0.15) is 0 Å². The first kappa shape index (κ1) is 25.1. The summed E-state index contributed by atoms with van der Waals surface area (Å²) < 4.78 is 0.482. The van der Waals surface area contributed by atoms with Gasteiger partial charge in [-0.3, -0.25) is 0 Å². The monoisotopic (exact) mass is 593 g/mol. The summed E-state index contributed by atoms with van der Waals surface area (Å²) in [6.45, 7) is 19.7. The summed E-state index contributed by atoms with van der Waals surface area (Å²) in [6.07, 6.45) is 4.97. The Morgan fingerprint density at radius 2 is 1.00 bits per heavy atom.